The van der Waals surface area contributed by atoms with E-state index in [1.165, 1.54) is 0 Å². The number of ether oxygens (including phenoxy) is 2. The Hall–Kier alpha value is -1.42. The molecule has 1 aromatic carbocycles. The zero-order chi connectivity index (χ0) is 13.1. The molecule has 4 nitrogen and oxygen atoms in total. The monoisotopic (exact) mass is 269 g/mol. The number of aryl methyl sites for hydroxylation is 1. The Balaban J connectivity index is 1.88. The van der Waals surface area contributed by atoms with Gasteiger partial charge in [-0.3, -0.25) is 0 Å². The van der Waals surface area contributed by atoms with E-state index in [4.69, 9.17) is 21.1 Å². The predicted octanol–water partition coefficient (Wildman–Crippen LogP) is 2.87. The normalized spacial score (nSPS) is 18.9. The molecule has 0 bridgehead atoms. The van der Waals surface area contributed by atoms with Crippen LogP contribution in [0.3, 0.4) is 0 Å². The van der Waals surface area contributed by atoms with Gasteiger partial charge in [0.05, 0.1) is 6.54 Å². The summed E-state index contributed by atoms with van der Waals surface area (Å²) in [7, 11) is 0. The summed E-state index contributed by atoms with van der Waals surface area (Å²) in [4.78, 5) is 13.0. The minimum absolute atomic E-state index is 0.201. The Morgan fingerprint density at radius 2 is 2.33 bits per heavy atom. The van der Waals surface area contributed by atoms with Gasteiger partial charge in [-0.2, -0.15) is 0 Å². The largest absolute Gasteiger partial charge is 0.490 e. The number of nitrogens with zero attached hydrogens (tertiary/aromatic N) is 1. The van der Waals surface area contributed by atoms with Gasteiger partial charge in [-0.05, 0) is 37.6 Å². The SMILES string of the molecule is CCN1C[C@H](COc2ccc(Cl)c(C)c2)OC1=O. The van der Waals surface area contributed by atoms with Crippen molar-refractivity contribution in [1.29, 1.82) is 0 Å². The first-order valence-corrected chi connectivity index (χ1v) is 6.32. The third-order valence-corrected chi connectivity index (χ3v) is 3.32. The number of rotatable bonds is 4. The zero-order valence-corrected chi connectivity index (χ0v) is 11.2. The molecule has 0 unspecified atom stereocenters. The summed E-state index contributed by atoms with van der Waals surface area (Å²) in [5, 5.41) is 0.715. The lowest BCUT2D eigenvalue weighted by Crippen LogP contribution is -2.26. The second kappa shape index (κ2) is 5.48. The van der Waals surface area contributed by atoms with E-state index >= 15 is 0 Å². The maximum atomic E-state index is 11.4. The van der Waals surface area contributed by atoms with E-state index in [2.05, 4.69) is 0 Å². The lowest BCUT2D eigenvalue weighted by atomic mass is 10.2. The van der Waals surface area contributed by atoms with Gasteiger partial charge >= 0.3 is 6.09 Å². The highest BCUT2D eigenvalue weighted by atomic mass is 35.5. The van der Waals surface area contributed by atoms with Crippen LogP contribution < -0.4 is 4.74 Å². The second-order valence-corrected chi connectivity index (χ2v) is 4.67. The lowest BCUT2D eigenvalue weighted by molar-refractivity contribution is 0.103. The molecule has 0 saturated carbocycles. The Morgan fingerprint density at radius 3 is 2.94 bits per heavy atom. The van der Waals surface area contributed by atoms with E-state index in [1.54, 1.807) is 11.0 Å². The summed E-state index contributed by atoms with van der Waals surface area (Å²) in [6, 6.07) is 5.48. The van der Waals surface area contributed by atoms with Gasteiger partial charge in [0, 0.05) is 11.6 Å². The van der Waals surface area contributed by atoms with Crippen LogP contribution in [0, 0.1) is 6.92 Å². The average molecular weight is 270 g/mol. The molecular weight excluding hydrogens is 254 g/mol. The second-order valence-electron chi connectivity index (χ2n) is 4.27. The number of cyclic esters (lactones) is 1. The summed E-state index contributed by atoms with van der Waals surface area (Å²) >= 11 is 5.93. The molecule has 1 fully saturated rings. The highest BCUT2D eigenvalue weighted by Crippen LogP contribution is 2.21. The van der Waals surface area contributed by atoms with E-state index in [1.807, 2.05) is 26.0 Å². The van der Waals surface area contributed by atoms with Gasteiger partial charge in [-0.25, -0.2) is 4.79 Å². The number of carbonyl (C=O) groups is 1. The van der Waals surface area contributed by atoms with Crippen LogP contribution in [-0.4, -0.2) is 36.8 Å². The number of benzene rings is 1. The fraction of sp³-hybridized carbons (Fsp3) is 0.462. The third-order valence-electron chi connectivity index (χ3n) is 2.90. The highest BCUT2D eigenvalue weighted by molar-refractivity contribution is 6.31. The molecule has 1 aromatic rings. The average Bonchev–Trinajstić information content (AvgIpc) is 2.71. The fourth-order valence-electron chi connectivity index (χ4n) is 1.82. The van der Waals surface area contributed by atoms with Crippen molar-refractivity contribution < 1.29 is 14.3 Å². The van der Waals surface area contributed by atoms with Crippen LogP contribution in [0.5, 0.6) is 5.75 Å². The molecule has 2 rings (SSSR count). The molecule has 1 amide bonds. The Labute approximate surface area is 111 Å². The van der Waals surface area contributed by atoms with Crippen molar-refractivity contribution in [3.05, 3.63) is 28.8 Å². The summed E-state index contributed by atoms with van der Waals surface area (Å²) in [5.41, 5.74) is 0.966. The van der Waals surface area contributed by atoms with Crippen molar-refractivity contribution in [2.45, 2.75) is 20.0 Å². The zero-order valence-electron chi connectivity index (χ0n) is 10.5. The lowest BCUT2D eigenvalue weighted by Gasteiger charge is -2.11. The smallest absolute Gasteiger partial charge is 0.410 e. The minimum atomic E-state index is -0.265. The van der Waals surface area contributed by atoms with Gasteiger partial charge in [0.15, 0.2) is 6.10 Å². The molecule has 0 aromatic heterocycles. The van der Waals surface area contributed by atoms with E-state index in [0.29, 0.717) is 24.7 Å². The molecule has 0 N–H and O–H groups in total. The Kier molecular flexibility index (Phi) is 3.97. The molecular formula is C13H16ClNO3. The first kappa shape index (κ1) is 13.0. The maximum absolute atomic E-state index is 11.4. The third kappa shape index (κ3) is 2.88. The number of carbonyl (C=O) groups excluding carboxylic acids is 1. The Morgan fingerprint density at radius 1 is 1.56 bits per heavy atom. The molecule has 5 heteroatoms. The highest BCUT2D eigenvalue weighted by Gasteiger charge is 2.30. The quantitative estimate of drug-likeness (QED) is 0.844. The molecule has 1 heterocycles. The van der Waals surface area contributed by atoms with Crippen LogP contribution in [0.1, 0.15) is 12.5 Å². The molecule has 0 spiro atoms. The molecule has 98 valence electrons. The van der Waals surface area contributed by atoms with Gasteiger partial charge in [0.1, 0.15) is 12.4 Å². The molecule has 1 aliphatic rings. The van der Waals surface area contributed by atoms with E-state index < -0.39 is 0 Å². The van der Waals surface area contributed by atoms with Crippen molar-refractivity contribution in [1.82, 2.24) is 4.90 Å². The molecule has 18 heavy (non-hydrogen) atoms. The van der Waals surface area contributed by atoms with Gasteiger partial charge in [0.25, 0.3) is 0 Å². The van der Waals surface area contributed by atoms with Crippen LogP contribution in [0.2, 0.25) is 5.02 Å². The molecule has 0 radical (unpaired) electrons. The van der Waals surface area contributed by atoms with Crippen molar-refractivity contribution >= 4 is 17.7 Å². The minimum Gasteiger partial charge on any atom is -0.490 e. The summed E-state index contributed by atoms with van der Waals surface area (Å²) in [6.45, 7) is 5.46. The van der Waals surface area contributed by atoms with Crippen LogP contribution >= 0.6 is 11.6 Å². The first-order chi connectivity index (χ1) is 8.60. The van der Waals surface area contributed by atoms with Crippen molar-refractivity contribution in [3.8, 4) is 5.75 Å². The Bertz CT molecular complexity index is 450. The van der Waals surface area contributed by atoms with Crippen LogP contribution in [0.25, 0.3) is 0 Å². The summed E-state index contributed by atoms with van der Waals surface area (Å²) in [6.07, 6.45) is -0.466. The van der Waals surface area contributed by atoms with Crippen LogP contribution in [0.4, 0.5) is 4.79 Å². The van der Waals surface area contributed by atoms with Gasteiger partial charge < -0.3 is 14.4 Å². The van der Waals surface area contributed by atoms with E-state index in [-0.39, 0.29) is 12.2 Å². The van der Waals surface area contributed by atoms with Gasteiger partial charge in [-0.1, -0.05) is 11.6 Å². The molecule has 1 atom stereocenters. The summed E-state index contributed by atoms with van der Waals surface area (Å²) in [5.74, 6) is 0.739. The number of hydrogen-bond acceptors (Lipinski definition) is 3. The van der Waals surface area contributed by atoms with Crippen molar-refractivity contribution in [2.75, 3.05) is 19.7 Å². The van der Waals surface area contributed by atoms with Crippen molar-refractivity contribution in [3.63, 3.8) is 0 Å². The fourth-order valence-corrected chi connectivity index (χ4v) is 1.93. The van der Waals surface area contributed by atoms with Crippen molar-refractivity contribution in [2.24, 2.45) is 0 Å². The maximum Gasteiger partial charge on any atom is 0.410 e. The van der Waals surface area contributed by atoms with Crippen LogP contribution in [0.15, 0.2) is 18.2 Å². The predicted molar refractivity (Wildman–Crippen MR) is 69.2 cm³/mol. The number of amides is 1. The molecule has 0 aliphatic carbocycles. The number of hydrogen-bond donors (Lipinski definition) is 0. The molecule has 1 saturated heterocycles. The van der Waals surface area contributed by atoms with E-state index in [0.717, 1.165) is 11.3 Å². The van der Waals surface area contributed by atoms with Crippen LogP contribution in [-0.2, 0) is 4.74 Å². The van der Waals surface area contributed by atoms with E-state index in [9.17, 15) is 4.79 Å². The standard InChI is InChI=1S/C13H16ClNO3/c1-3-15-7-11(18-13(15)16)8-17-10-4-5-12(14)9(2)6-10/h4-6,11H,3,7-8H2,1-2H3/t11-/m1/s1. The summed E-state index contributed by atoms with van der Waals surface area (Å²) < 4.78 is 10.8. The first-order valence-electron chi connectivity index (χ1n) is 5.94. The topological polar surface area (TPSA) is 38.8 Å². The number of likely N-dealkylation sites (N-methyl/N-ethyl adjacent to an activating group) is 1. The van der Waals surface area contributed by atoms with Gasteiger partial charge in [-0.15, -0.1) is 0 Å². The molecule has 1 aliphatic heterocycles. The number of halogens is 1. The van der Waals surface area contributed by atoms with Gasteiger partial charge in [0.2, 0.25) is 0 Å².